The van der Waals surface area contributed by atoms with Crippen LogP contribution in [0.2, 0.25) is 0 Å². The molecule has 0 bridgehead atoms. The zero-order valence-corrected chi connectivity index (χ0v) is 13.0. The van der Waals surface area contributed by atoms with Gasteiger partial charge in [-0.25, -0.2) is 0 Å². The zero-order chi connectivity index (χ0) is 17.0. The van der Waals surface area contributed by atoms with Crippen LogP contribution in [0.5, 0.6) is 0 Å². The van der Waals surface area contributed by atoms with Crippen molar-refractivity contribution in [2.75, 3.05) is 0 Å². The second-order valence-corrected chi connectivity index (χ2v) is 6.00. The summed E-state index contributed by atoms with van der Waals surface area (Å²) >= 11 is 1.57. The molecule has 23 heavy (non-hydrogen) atoms. The Balaban J connectivity index is 2.19. The third-order valence-corrected chi connectivity index (χ3v) is 4.36. The second-order valence-electron chi connectivity index (χ2n) is 5.05. The number of ketones is 1. The van der Waals surface area contributed by atoms with Crippen molar-refractivity contribution in [2.24, 2.45) is 17.4 Å². The van der Waals surface area contributed by atoms with Crippen LogP contribution in [0.15, 0.2) is 41.8 Å². The Morgan fingerprint density at radius 1 is 1.13 bits per heavy atom. The van der Waals surface area contributed by atoms with Crippen molar-refractivity contribution < 1.29 is 19.5 Å². The van der Waals surface area contributed by atoms with Gasteiger partial charge in [-0.1, -0.05) is 30.3 Å². The van der Waals surface area contributed by atoms with E-state index in [1.807, 2.05) is 17.5 Å². The molecule has 7 heteroatoms. The summed E-state index contributed by atoms with van der Waals surface area (Å²) < 4.78 is 0. The number of carboxylic acid groups (broad SMARTS) is 1. The van der Waals surface area contributed by atoms with Crippen LogP contribution >= 0.6 is 11.3 Å². The Labute approximate surface area is 136 Å². The summed E-state index contributed by atoms with van der Waals surface area (Å²) in [5.74, 6) is -4.15. The van der Waals surface area contributed by atoms with E-state index < -0.39 is 29.6 Å². The molecule has 0 saturated heterocycles. The molecule has 6 nitrogen and oxygen atoms in total. The molecule has 5 N–H and O–H groups in total. The minimum atomic E-state index is -1.40. The van der Waals surface area contributed by atoms with Gasteiger partial charge in [-0.15, -0.1) is 11.3 Å². The van der Waals surface area contributed by atoms with E-state index in [2.05, 4.69) is 0 Å². The first-order chi connectivity index (χ1) is 10.9. The number of carboxylic acids is 1. The van der Waals surface area contributed by atoms with Crippen LogP contribution in [0.1, 0.15) is 16.8 Å². The number of carbonyl (C=O) groups excluding carboxylic acids is 2. The Hall–Kier alpha value is -2.51. The molecule has 0 radical (unpaired) electrons. The predicted molar refractivity (Wildman–Crippen MR) is 87.0 cm³/mol. The van der Waals surface area contributed by atoms with Crippen LogP contribution in [0.25, 0.3) is 10.4 Å². The molecule has 120 valence electrons. The number of benzene rings is 1. The summed E-state index contributed by atoms with van der Waals surface area (Å²) in [6, 6.07) is 9.35. The molecular formula is C16H16N2O4S. The number of thiophene rings is 1. The molecule has 1 aromatic heterocycles. The smallest absolute Gasteiger partial charge is 0.314 e. The number of hydrogen-bond acceptors (Lipinski definition) is 5. The fourth-order valence-corrected chi connectivity index (χ4v) is 2.87. The summed E-state index contributed by atoms with van der Waals surface area (Å²) in [5, 5.41) is 11.2. The molecule has 1 heterocycles. The van der Waals surface area contributed by atoms with Gasteiger partial charge in [-0.2, -0.15) is 0 Å². The van der Waals surface area contributed by atoms with Gasteiger partial charge < -0.3 is 16.6 Å². The Morgan fingerprint density at radius 3 is 2.26 bits per heavy atom. The molecule has 2 aromatic rings. The SMILES string of the molecule is NC(=O)[C@@H](N)CC(C(=O)O)C(=O)c1ccc(-c2cccs2)cc1. The predicted octanol–water partition coefficient (Wildman–Crippen LogP) is 1.50. The summed E-state index contributed by atoms with van der Waals surface area (Å²) in [6.07, 6.45) is -0.323. The first kappa shape index (κ1) is 16.9. The molecule has 0 spiro atoms. The lowest BCUT2D eigenvalue weighted by Gasteiger charge is -2.14. The van der Waals surface area contributed by atoms with Crippen LogP contribution in [-0.4, -0.2) is 28.8 Å². The lowest BCUT2D eigenvalue weighted by molar-refractivity contribution is -0.140. The third-order valence-electron chi connectivity index (χ3n) is 3.44. The van der Waals surface area contributed by atoms with Crippen molar-refractivity contribution in [1.82, 2.24) is 0 Å². The number of amides is 1. The topological polar surface area (TPSA) is 123 Å². The maximum Gasteiger partial charge on any atom is 0.314 e. The van der Waals surface area contributed by atoms with Crippen molar-refractivity contribution in [1.29, 1.82) is 0 Å². The highest BCUT2D eigenvalue weighted by Crippen LogP contribution is 2.25. The van der Waals surface area contributed by atoms with Crippen LogP contribution in [0, 0.1) is 5.92 Å². The molecule has 0 saturated carbocycles. The van der Waals surface area contributed by atoms with Gasteiger partial charge in [0.1, 0.15) is 5.92 Å². The third kappa shape index (κ3) is 4.02. The van der Waals surface area contributed by atoms with Gasteiger partial charge in [-0.05, 0) is 23.4 Å². The minimum Gasteiger partial charge on any atom is -0.481 e. The van der Waals surface area contributed by atoms with Crippen molar-refractivity contribution in [3.8, 4) is 10.4 Å². The van der Waals surface area contributed by atoms with Gasteiger partial charge in [0.25, 0.3) is 0 Å². The quantitative estimate of drug-likeness (QED) is 0.523. The van der Waals surface area contributed by atoms with Gasteiger partial charge in [0, 0.05) is 10.4 Å². The number of rotatable bonds is 7. The number of aliphatic carboxylic acids is 1. The number of Topliss-reactive ketones (excluding diaryl/α,β-unsaturated/α-hetero) is 1. The maximum absolute atomic E-state index is 12.4. The van der Waals surface area contributed by atoms with Crippen LogP contribution in [0.4, 0.5) is 0 Å². The van der Waals surface area contributed by atoms with Crippen LogP contribution in [-0.2, 0) is 9.59 Å². The number of hydrogen-bond donors (Lipinski definition) is 3. The first-order valence-corrected chi connectivity index (χ1v) is 7.74. The molecule has 0 fully saturated rings. The largest absolute Gasteiger partial charge is 0.481 e. The summed E-state index contributed by atoms with van der Waals surface area (Å²) in [5.41, 5.74) is 11.7. The summed E-state index contributed by atoms with van der Waals surface area (Å²) in [4.78, 5) is 35.7. The molecule has 2 atom stereocenters. The normalized spacial score (nSPS) is 13.3. The highest BCUT2D eigenvalue weighted by Gasteiger charge is 2.30. The molecule has 0 aliphatic rings. The Kier molecular flexibility index (Phi) is 5.25. The Morgan fingerprint density at radius 2 is 1.78 bits per heavy atom. The van der Waals surface area contributed by atoms with Gasteiger partial charge in [0.2, 0.25) is 5.91 Å². The van der Waals surface area contributed by atoms with E-state index in [1.54, 1.807) is 35.6 Å². The zero-order valence-electron chi connectivity index (χ0n) is 12.1. The lowest BCUT2D eigenvalue weighted by Crippen LogP contribution is -2.41. The molecule has 1 aromatic carbocycles. The standard InChI is InChI=1S/C16H16N2O4S/c17-12(15(18)20)8-11(16(21)22)14(19)10-5-3-9(4-6-10)13-2-1-7-23-13/h1-7,11-12H,8,17H2,(H2,18,20)(H,21,22)/t11?,12-/m0/s1. The number of nitrogens with two attached hydrogens (primary N) is 2. The first-order valence-electron chi connectivity index (χ1n) is 6.86. The van der Waals surface area contributed by atoms with Crippen LogP contribution < -0.4 is 11.5 Å². The lowest BCUT2D eigenvalue weighted by atomic mass is 9.91. The van der Waals surface area contributed by atoms with E-state index in [0.717, 1.165) is 10.4 Å². The molecule has 0 aliphatic carbocycles. The second kappa shape index (κ2) is 7.17. The average Bonchev–Trinajstić information content (AvgIpc) is 3.05. The average molecular weight is 332 g/mol. The van der Waals surface area contributed by atoms with E-state index in [1.165, 1.54) is 0 Å². The maximum atomic E-state index is 12.4. The van der Waals surface area contributed by atoms with E-state index in [4.69, 9.17) is 11.5 Å². The monoisotopic (exact) mass is 332 g/mol. The van der Waals surface area contributed by atoms with E-state index >= 15 is 0 Å². The fourth-order valence-electron chi connectivity index (χ4n) is 2.13. The van der Waals surface area contributed by atoms with E-state index in [0.29, 0.717) is 0 Å². The van der Waals surface area contributed by atoms with Crippen molar-refractivity contribution in [3.05, 3.63) is 47.3 Å². The summed E-state index contributed by atoms with van der Waals surface area (Å²) in [6.45, 7) is 0. The van der Waals surface area contributed by atoms with E-state index in [9.17, 15) is 19.5 Å². The summed E-state index contributed by atoms with van der Waals surface area (Å²) in [7, 11) is 0. The molecule has 0 aliphatic heterocycles. The molecule has 2 rings (SSSR count). The molecule has 1 unspecified atom stereocenters. The van der Waals surface area contributed by atoms with Gasteiger partial charge in [0.05, 0.1) is 6.04 Å². The Bertz CT molecular complexity index is 710. The van der Waals surface area contributed by atoms with Gasteiger partial charge in [0.15, 0.2) is 5.78 Å². The van der Waals surface area contributed by atoms with Crippen molar-refractivity contribution in [2.45, 2.75) is 12.5 Å². The molecular weight excluding hydrogens is 316 g/mol. The van der Waals surface area contributed by atoms with Gasteiger partial charge >= 0.3 is 5.97 Å². The minimum absolute atomic E-state index is 0.259. The molecule has 1 amide bonds. The highest BCUT2D eigenvalue weighted by atomic mass is 32.1. The highest BCUT2D eigenvalue weighted by molar-refractivity contribution is 7.13. The van der Waals surface area contributed by atoms with Gasteiger partial charge in [-0.3, -0.25) is 14.4 Å². The number of carbonyl (C=O) groups is 3. The van der Waals surface area contributed by atoms with E-state index in [-0.39, 0.29) is 12.0 Å². The van der Waals surface area contributed by atoms with Crippen LogP contribution in [0.3, 0.4) is 0 Å². The number of primary amides is 1. The van der Waals surface area contributed by atoms with Crippen molar-refractivity contribution in [3.63, 3.8) is 0 Å². The fraction of sp³-hybridized carbons (Fsp3) is 0.188. The van der Waals surface area contributed by atoms with Crippen molar-refractivity contribution >= 4 is 29.0 Å².